The maximum Gasteiger partial charge on any atom is 0.258 e. The fraction of sp³-hybridized carbons (Fsp3) is 0.316. The summed E-state index contributed by atoms with van der Waals surface area (Å²) >= 11 is 3.28. The van der Waals surface area contributed by atoms with Crippen LogP contribution < -0.4 is 10.2 Å². The first-order chi connectivity index (χ1) is 12.1. The van der Waals surface area contributed by atoms with Gasteiger partial charge in [0.1, 0.15) is 5.82 Å². The molecule has 2 aromatic rings. The van der Waals surface area contributed by atoms with E-state index in [1.807, 2.05) is 24.3 Å². The SMILES string of the molecule is CCN1CCN(c2ccccc2NC(=O)c2cc(Br)ccc2F)CC1. The number of halogens is 2. The van der Waals surface area contributed by atoms with Crippen LogP contribution in [-0.2, 0) is 0 Å². The van der Waals surface area contributed by atoms with E-state index in [2.05, 4.69) is 38.0 Å². The Morgan fingerprint density at radius 1 is 1.16 bits per heavy atom. The number of hydrogen-bond acceptors (Lipinski definition) is 3. The summed E-state index contributed by atoms with van der Waals surface area (Å²) in [5, 5.41) is 2.86. The highest BCUT2D eigenvalue weighted by molar-refractivity contribution is 9.10. The van der Waals surface area contributed by atoms with Crippen LogP contribution in [0.3, 0.4) is 0 Å². The Labute approximate surface area is 155 Å². The number of nitrogens with one attached hydrogen (secondary N) is 1. The fourth-order valence-electron chi connectivity index (χ4n) is 3.02. The van der Waals surface area contributed by atoms with E-state index in [9.17, 15) is 9.18 Å². The molecule has 0 aromatic heterocycles. The summed E-state index contributed by atoms with van der Waals surface area (Å²) < 4.78 is 14.6. The standard InChI is InChI=1S/C19H21BrFN3O/c1-2-23-9-11-24(12-10-23)18-6-4-3-5-17(18)22-19(25)15-13-14(20)7-8-16(15)21/h3-8,13H,2,9-12H2,1H3,(H,22,25). The number of carbonyl (C=O) groups is 1. The van der Waals surface area contributed by atoms with Crippen LogP contribution in [0.1, 0.15) is 17.3 Å². The third kappa shape index (κ3) is 4.19. The van der Waals surface area contributed by atoms with Crippen LogP contribution in [0.4, 0.5) is 15.8 Å². The van der Waals surface area contributed by atoms with Crippen LogP contribution in [0, 0.1) is 5.82 Å². The van der Waals surface area contributed by atoms with Crippen LogP contribution >= 0.6 is 15.9 Å². The molecule has 1 heterocycles. The quantitative estimate of drug-likeness (QED) is 0.835. The third-order valence-corrected chi connectivity index (χ3v) is 4.98. The zero-order valence-electron chi connectivity index (χ0n) is 14.1. The summed E-state index contributed by atoms with van der Waals surface area (Å²) in [7, 11) is 0. The van der Waals surface area contributed by atoms with Crippen LogP contribution in [-0.4, -0.2) is 43.5 Å². The highest BCUT2D eigenvalue weighted by Crippen LogP contribution is 2.27. The summed E-state index contributed by atoms with van der Waals surface area (Å²) in [5.74, 6) is -0.979. The zero-order chi connectivity index (χ0) is 17.8. The van der Waals surface area contributed by atoms with Gasteiger partial charge in [-0.3, -0.25) is 4.79 Å². The summed E-state index contributed by atoms with van der Waals surface area (Å²) in [6.45, 7) is 7.03. The van der Waals surface area contributed by atoms with Crippen molar-refractivity contribution in [3.63, 3.8) is 0 Å². The molecule has 1 saturated heterocycles. The van der Waals surface area contributed by atoms with Crippen molar-refractivity contribution in [3.05, 3.63) is 58.3 Å². The second-order valence-electron chi connectivity index (χ2n) is 6.02. The largest absolute Gasteiger partial charge is 0.367 e. The molecule has 1 N–H and O–H groups in total. The number of rotatable bonds is 4. The number of nitrogens with zero attached hydrogens (tertiary/aromatic N) is 2. The maximum atomic E-state index is 14.0. The van der Waals surface area contributed by atoms with Crippen molar-refractivity contribution in [1.82, 2.24) is 4.90 Å². The summed E-state index contributed by atoms with van der Waals surface area (Å²) in [4.78, 5) is 17.2. The highest BCUT2D eigenvalue weighted by atomic mass is 79.9. The molecule has 0 radical (unpaired) electrons. The van der Waals surface area contributed by atoms with Crippen LogP contribution in [0.15, 0.2) is 46.9 Å². The van der Waals surface area contributed by atoms with Crippen molar-refractivity contribution >= 4 is 33.2 Å². The van der Waals surface area contributed by atoms with Crippen molar-refractivity contribution in [2.24, 2.45) is 0 Å². The molecule has 4 nitrogen and oxygen atoms in total. The molecule has 0 aliphatic carbocycles. The predicted molar refractivity (Wildman–Crippen MR) is 103 cm³/mol. The Hall–Kier alpha value is -1.92. The molecule has 0 unspecified atom stereocenters. The van der Waals surface area contributed by atoms with Gasteiger partial charge in [-0.15, -0.1) is 0 Å². The van der Waals surface area contributed by atoms with Crippen LogP contribution in [0.2, 0.25) is 0 Å². The lowest BCUT2D eigenvalue weighted by atomic mass is 10.1. The average molecular weight is 406 g/mol. The number of likely N-dealkylation sites (N-methyl/N-ethyl adjacent to an activating group) is 1. The summed E-state index contributed by atoms with van der Waals surface area (Å²) in [6, 6.07) is 12.0. The van der Waals surface area contributed by atoms with Crippen molar-refractivity contribution < 1.29 is 9.18 Å². The number of para-hydroxylation sites is 2. The lowest BCUT2D eigenvalue weighted by Gasteiger charge is -2.36. The van der Waals surface area contributed by atoms with Crippen LogP contribution in [0.25, 0.3) is 0 Å². The van der Waals surface area contributed by atoms with Gasteiger partial charge in [-0.05, 0) is 36.9 Å². The number of carbonyl (C=O) groups excluding carboxylic acids is 1. The number of hydrogen-bond donors (Lipinski definition) is 1. The first kappa shape index (κ1) is 17.9. The van der Waals surface area contributed by atoms with E-state index in [4.69, 9.17) is 0 Å². The Balaban J connectivity index is 1.79. The Bertz CT molecular complexity index is 760. The molecule has 1 aliphatic rings. The first-order valence-corrected chi connectivity index (χ1v) is 9.20. The molecule has 1 aliphatic heterocycles. The lowest BCUT2D eigenvalue weighted by Crippen LogP contribution is -2.46. The molecule has 1 amide bonds. The molecule has 0 atom stereocenters. The van der Waals surface area contributed by atoms with E-state index in [1.165, 1.54) is 12.1 Å². The maximum absolute atomic E-state index is 14.0. The zero-order valence-corrected chi connectivity index (χ0v) is 15.7. The molecule has 0 spiro atoms. The highest BCUT2D eigenvalue weighted by Gasteiger charge is 2.20. The molecule has 0 saturated carbocycles. The molecule has 0 bridgehead atoms. The van der Waals surface area contributed by atoms with Gasteiger partial charge in [0.15, 0.2) is 0 Å². The minimum Gasteiger partial charge on any atom is -0.367 e. The van der Waals surface area contributed by atoms with E-state index in [-0.39, 0.29) is 5.56 Å². The van der Waals surface area contributed by atoms with Gasteiger partial charge in [0, 0.05) is 30.7 Å². The third-order valence-electron chi connectivity index (χ3n) is 4.49. The van der Waals surface area contributed by atoms with E-state index in [0.717, 1.165) is 38.4 Å². The molecular weight excluding hydrogens is 385 g/mol. The van der Waals surface area contributed by atoms with Gasteiger partial charge in [0.2, 0.25) is 0 Å². The van der Waals surface area contributed by atoms with E-state index >= 15 is 0 Å². The number of amides is 1. The normalized spacial score (nSPS) is 15.2. The molecule has 132 valence electrons. The van der Waals surface area contributed by atoms with Gasteiger partial charge in [-0.25, -0.2) is 4.39 Å². The minimum atomic E-state index is -0.533. The molecule has 3 rings (SSSR count). The molecular formula is C19H21BrFN3O. The van der Waals surface area contributed by atoms with E-state index in [0.29, 0.717) is 10.2 Å². The predicted octanol–water partition coefficient (Wildman–Crippen LogP) is 3.98. The van der Waals surface area contributed by atoms with Crippen molar-refractivity contribution in [1.29, 1.82) is 0 Å². The van der Waals surface area contributed by atoms with Gasteiger partial charge in [0.05, 0.1) is 16.9 Å². The molecule has 6 heteroatoms. The molecule has 1 fully saturated rings. The van der Waals surface area contributed by atoms with Crippen molar-refractivity contribution in [3.8, 4) is 0 Å². The minimum absolute atomic E-state index is 0.0278. The summed E-state index contributed by atoms with van der Waals surface area (Å²) in [5.41, 5.74) is 1.71. The van der Waals surface area contributed by atoms with Gasteiger partial charge in [-0.1, -0.05) is 35.0 Å². The Morgan fingerprint density at radius 2 is 1.88 bits per heavy atom. The number of piperazine rings is 1. The van der Waals surface area contributed by atoms with E-state index in [1.54, 1.807) is 6.07 Å². The van der Waals surface area contributed by atoms with Gasteiger partial charge < -0.3 is 15.1 Å². The number of benzene rings is 2. The molecule has 25 heavy (non-hydrogen) atoms. The monoisotopic (exact) mass is 405 g/mol. The smallest absolute Gasteiger partial charge is 0.258 e. The molecule has 2 aromatic carbocycles. The van der Waals surface area contributed by atoms with Crippen LogP contribution in [0.5, 0.6) is 0 Å². The fourth-order valence-corrected chi connectivity index (χ4v) is 3.38. The second kappa shape index (κ2) is 7.97. The first-order valence-electron chi connectivity index (χ1n) is 8.41. The average Bonchev–Trinajstić information content (AvgIpc) is 2.64. The second-order valence-corrected chi connectivity index (χ2v) is 6.93. The number of anilines is 2. The van der Waals surface area contributed by atoms with Crippen molar-refractivity contribution in [2.75, 3.05) is 42.9 Å². The van der Waals surface area contributed by atoms with Gasteiger partial charge in [-0.2, -0.15) is 0 Å². The topological polar surface area (TPSA) is 35.6 Å². The summed E-state index contributed by atoms with van der Waals surface area (Å²) in [6.07, 6.45) is 0. The lowest BCUT2D eigenvalue weighted by molar-refractivity contribution is 0.102. The van der Waals surface area contributed by atoms with E-state index < -0.39 is 11.7 Å². The Morgan fingerprint density at radius 3 is 2.60 bits per heavy atom. The van der Waals surface area contributed by atoms with Crippen molar-refractivity contribution in [2.45, 2.75) is 6.92 Å². The Kier molecular flexibility index (Phi) is 5.71. The van der Waals surface area contributed by atoms with Gasteiger partial charge >= 0.3 is 0 Å². The van der Waals surface area contributed by atoms with Gasteiger partial charge in [0.25, 0.3) is 5.91 Å².